The Bertz CT molecular complexity index is 477. The van der Waals surface area contributed by atoms with Crippen molar-refractivity contribution < 1.29 is 5.21 Å². The van der Waals surface area contributed by atoms with Crippen LogP contribution in [0.3, 0.4) is 0 Å². The van der Waals surface area contributed by atoms with Gasteiger partial charge in [0.2, 0.25) is 0 Å². The Morgan fingerprint density at radius 1 is 1.18 bits per heavy atom. The Morgan fingerprint density at radius 2 is 1.76 bits per heavy atom. The lowest BCUT2D eigenvalue weighted by Gasteiger charge is -2.32. The van der Waals surface area contributed by atoms with Gasteiger partial charge in [0.25, 0.3) is 0 Å². The third kappa shape index (κ3) is 1.49. The highest BCUT2D eigenvalue weighted by molar-refractivity contribution is 8.06. The Kier molecular flexibility index (Phi) is 2.23. The summed E-state index contributed by atoms with van der Waals surface area (Å²) in [5.41, 5.74) is 2.96. The number of hydrogen-bond donors (Lipinski definition) is 0. The summed E-state index contributed by atoms with van der Waals surface area (Å²) in [6, 6.07) is 6.60. The summed E-state index contributed by atoms with van der Waals surface area (Å²) in [6.07, 6.45) is 0. The molecule has 1 saturated heterocycles. The summed E-state index contributed by atoms with van der Waals surface area (Å²) in [5, 5.41) is 14.3. The average molecular weight is 248 g/mol. The van der Waals surface area contributed by atoms with Gasteiger partial charge < -0.3 is 0 Å². The number of nitrogens with zero attached hydrogens (tertiary/aromatic N) is 1. The van der Waals surface area contributed by atoms with Crippen molar-refractivity contribution in [2.75, 3.05) is 5.75 Å². The zero-order valence-corrected chi connectivity index (χ0v) is 11.6. The molecule has 2 heterocycles. The van der Waals surface area contributed by atoms with Crippen LogP contribution in [0.1, 0.15) is 49.6 Å². The van der Waals surface area contributed by atoms with E-state index in [9.17, 15) is 5.21 Å². The van der Waals surface area contributed by atoms with Gasteiger partial charge in [-0.05, 0) is 44.4 Å². The van der Waals surface area contributed by atoms with Crippen LogP contribution in [0.25, 0.3) is 0 Å². The first kappa shape index (κ1) is 11.6. The Balaban J connectivity index is 2.17. The lowest BCUT2D eigenvalue weighted by Crippen LogP contribution is -2.41. The average Bonchev–Trinajstić information content (AvgIpc) is 3.08. The molecule has 3 rings (SSSR count). The largest absolute Gasteiger partial charge is 0.151 e. The minimum absolute atomic E-state index is 0.408. The summed E-state index contributed by atoms with van der Waals surface area (Å²) in [6.45, 7) is 8.08. The van der Waals surface area contributed by atoms with Gasteiger partial charge in [-0.1, -0.05) is 18.2 Å². The molecule has 2 nitrogen and oxygen atoms in total. The van der Waals surface area contributed by atoms with Gasteiger partial charge in [-0.3, -0.25) is 0 Å². The van der Waals surface area contributed by atoms with Crippen LogP contribution in [0.2, 0.25) is 0 Å². The number of thioether (sulfide) groups is 1. The van der Waals surface area contributed by atoms with Gasteiger partial charge in [0.05, 0.1) is 11.1 Å². The SMILES string of the molecule is CC1(C)c2ccc(C3CS3)cc2C(C)(C)N1[O]. The van der Waals surface area contributed by atoms with Crippen molar-refractivity contribution in [3.05, 3.63) is 34.9 Å². The van der Waals surface area contributed by atoms with Gasteiger partial charge in [-0.2, -0.15) is 11.8 Å². The Hall–Kier alpha value is -0.510. The normalized spacial score (nSPS) is 29.1. The molecule has 2 aliphatic heterocycles. The molecule has 17 heavy (non-hydrogen) atoms. The number of benzene rings is 1. The fourth-order valence-corrected chi connectivity index (χ4v) is 3.59. The Labute approximate surface area is 107 Å². The van der Waals surface area contributed by atoms with Crippen LogP contribution in [0.4, 0.5) is 0 Å². The van der Waals surface area contributed by atoms with E-state index in [0.717, 1.165) is 0 Å². The lowest BCUT2D eigenvalue weighted by molar-refractivity contribution is -0.266. The van der Waals surface area contributed by atoms with Crippen molar-refractivity contribution in [1.29, 1.82) is 0 Å². The summed E-state index contributed by atoms with van der Waals surface area (Å²) in [7, 11) is 0. The van der Waals surface area contributed by atoms with E-state index in [-0.39, 0.29) is 0 Å². The highest BCUT2D eigenvalue weighted by atomic mass is 32.2. The van der Waals surface area contributed by atoms with E-state index in [2.05, 4.69) is 18.2 Å². The minimum atomic E-state index is -0.409. The molecule has 0 bridgehead atoms. The zero-order valence-electron chi connectivity index (χ0n) is 10.8. The summed E-state index contributed by atoms with van der Waals surface area (Å²) >= 11 is 1.98. The van der Waals surface area contributed by atoms with Crippen molar-refractivity contribution in [3.8, 4) is 0 Å². The molecule has 1 radical (unpaired) electrons. The molecule has 0 aromatic heterocycles. The van der Waals surface area contributed by atoms with Crippen LogP contribution in [0.5, 0.6) is 0 Å². The van der Waals surface area contributed by atoms with Gasteiger partial charge in [-0.15, -0.1) is 10.3 Å². The van der Waals surface area contributed by atoms with Crippen molar-refractivity contribution in [2.24, 2.45) is 0 Å². The standard InChI is InChI=1S/C14H18NOS/c1-13(2)10-6-5-9(12-8-17-12)7-11(10)14(3,4)15(13)16/h5-7,12H,8H2,1-4H3. The first-order valence-corrected chi connectivity index (χ1v) is 7.14. The van der Waals surface area contributed by atoms with E-state index >= 15 is 0 Å². The molecule has 0 saturated carbocycles. The lowest BCUT2D eigenvalue weighted by atomic mass is 9.89. The van der Waals surface area contributed by atoms with Crippen molar-refractivity contribution in [1.82, 2.24) is 5.06 Å². The fourth-order valence-electron chi connectivity index (χ4n) is 2.96. The second-order valence-corrected chi connectivity index (χ2v) is 7.28. The smallest absolute Gasteiger partial charge is 0.0699 e. The molecular weight excluding hydrogens is 230 g/mol. The minimum Gasteiger partial charge on any atom is -0.151 e. The second-order valence-electron chi connectivity index (χ2n) is 6.04. The van der Waals surface area contributed by atoms with Gasteiger partial charge >= 0.3 is 0 Å². The molecule has 1 unspecified atom stereocenters. The van der Waals surface area contributed by atoms with E-state index in [1.165, 1.54) is 27.5 Å². The highest BCUT2D eigenvalue weighted by Crippen LogP contribution is 2.52. The molecule has 0 N–H and O–H groups in total. The van der Waals surface area contributed by atoms with Crippen LogP contribution in [-0.4, -0.2) is 10.8 Å². The molecule has 1 aromatic carbocycles. The van der Waals surface area contributed by atoms with Crippen LogP contribution >= 0.6 is 11.8 Å². The molecule has 1 fully saturated rings. The first-order chi connectivity index (χ1) is 7.85. The van der Waals surface area contributed by atoms with Crippen molar-refractivity contribution in [2.45, 2.75) is 44.0 Å². The van der Waals surface area contributed by atoms with Crippen LogP contribution in [0.15, 0.2) is 18.2 Å². The van der Waals surface area contributed by atoms with E-state index in [1.807, 2.05) is 39.5 Å². The fraction of sp³-hybridized carbons (Fsp3) is 0.571. The van der Waals surface area contributed by atoms with Crippen molar-refractivity contribution >= 4 is 11.8 Å². The van der Waals surface area contributed by atoms with Crippen LogP contribution < -0.4 is 0 Å². The third-order valence-electron chi connectivity index (χ3n) is 4.08. The van der Waals surface area contributed by atoms with E-state index in [1.54, 1.807) is 0 Å². The molecule has 0 amide bonds. The maximum Gasteiger partial charge on any atom is 0.0699 e. The van der Waals surface area contributed by atoms with Crippen molar-refractivity contribution in [3.63, 3.8) is 0 Å². The predicted octanol–water partition coefficient (Wildman–Crippen LogP) is 3.61. The summed E-state index contributed by atoms with van der Waals surface area (Å²) in [4.78, 5) is 0. The molecule has 1 atom stereocenters. The van der Waals surface area contributed by atoms with Gasteiger partial charge in [0.1, 0.15) is 0 Å². The van der Waals surface area contributed by atoms with Gasteiger partial charge in [-0.25, -0.2) is 0 Å². The molecule has 91 valence electrons. The van der Waals surface area contributed by atoms with Gasteiger partial charge in [0, 0.05) is 11.0 Å². The van der Waals surface area contributed by atoms with Crippen LogP contribution in [-0.2, 0) is 16.3 Å². The topological polar surface area (TPSA) is 23.1 Å². The molecule has 1 aromatic rings. The number of hydroxylamine groups is 2. The maximum atomic E-state index is 12.4. The highest BCUT2D eigenvalue weighted by Gasteiger charge is 2.50. The van der Waals surface area contributed by atoms with Crippen LogP contribution in [0, 0.1) is 0 Å². The molecule has 0 aliphatic carbocycles. The second kappa shape index (κ2) is 3.28. The first-order valence-electron chi connectivity index (χ1n) is 6.09. The number of rotatable bonds is 1. The molecular formula is C14H18NOS. The van der Waals surface area contributed by atoms with E-state index in [4.69, 9.17) is 0 Å². The quantitative estimate of drug-likeness (QED) is 0.709. The zero-order chi connectivity index (χ0) is 12.4. The predicted molar refractivity (Wildman–Crippen MR) is 70.2 cm³/mol. The third-order valence-corrected chi connectivity index (χ3v) is 5.02. The molecule has 0 spiro atoms. The maximum absolute atomic E-state index is 12.4. The monoisotopic (exact) mass is 248 g/mol. The number of hydrogen-bond acceptors (Lipinski definition) is 2. The number of fused-ring (bicyclic) bond motifs is 1. The molecule has 2 aliphatic rings. The van der Waals surface area contributed by atoms with E-state index in [0.29, 0.717) is 5.25 Å². The van der Waals surface area contributed by atoms with Gasteiger partial charge in [0.15, 0.2) is 0 Å². The Morgan fingerprint density at radius 3 is 2.35 bits per heavy atom. The van der Waals surface area contributed by atoms with E-state index < -0.39 is 11.1 Å². The molecule has 3 heteroatoms. The summed E-state index contributed by atoms with van der Waals surface area (Å²) < 4.78 is 0. The summed E-state index contributed by atoms with van der Waals surface area (Å²) in [5.74, 6) is 1.23.